The fraction of sp³-hybridized carbons (Fsp3) is 0.211. The van der Waals surface area contributed by atoms with Gasteiger partial charge in [0.25, 0.3) is 0 Å². The van der Waals surface area contributed by atoms with Crippen molar-refractivity contribution >= 4 is 22.7 Å². The first-order valence-electron chi connectivity index (χ1n) is 7.76. The largest absolute Gasteiger partial charge is 0.507 e. The van der Waals surface area contributed by atoms with Crippen LogP contribution in [0.5, 0.6) is 5.75 Å². The van der Waals surface area contributed by atoms with Gasteiger partial charge in [-0.25, -0.2) is 4.98 Å². The van der Waals surface area contributed by atoms with Crippen LogP contribution >= 0.6 is 11.3 Å². The lowest BCUT2D eigenvalue weighted by atomic mass is 10.1. The molecule has 0 spiro atoms. The number of benzene rings is 2. The SMILES string of the molecule is CN(C)c1ccc(N(C)Cc2nc(-c3ccccc3O)cs2)cc1. The maximum absolute atomic E-state index is 9.95. The van der Waals surface area contributed by atoms with Crippen LogP contribution in [-0.4, -0.2) is 31.2 Å². The van der Waals surface area contributed by atoms with E-state index in [0.29, 0.717) is 0 Å². The lowest BCUT2D eigenvalue weighted by molar-refractivity contribution is 0.477. The van der Waals surface area contributed by atoms with Gasteiger partial charge >= 0.3 is 0 Å². The Kier molecular flexibility index (Phi) is 4.71. The Balaban J connectivity index is 1.73. The van der Waals surface area contributed by atoms with Crippen molar-refractivity contribution in [3.8, 4) is 17.0 Å². The molecule has 0 aliphatic carbocycles. The summed E-state index contributed by atoms with van der Waals surface area (Å²) in [5, 5.41) is 13.0. The number of hydrogen-bond acceptors (Lipinski definition) is 5. The molecule has 1 aromatic heterocycles. The zero-order valence-electron chi connectivity index (χ0n) is 14.1. The number of rotatable bonds is 5. The van der Waals surface area contributed by atoms with Crippen LogP contribution in [0, 0.1) is 0 Å². The van der Waals surface area contributed by atoms with Crippen molar-refractivity contribution < 1.29 is 5.11 Å². The van der Waals surface area contributed by atoms with Gasteiger partial charge in [0.15, 0.2) is 0 Å². The van der Waals surface area contributed by atoms with Gasteiger partial charge in [-0.2, -0.15) is 0 Å². The van der Waals surface area contributed by atoms with Crippen LogP contribution in [-0.2, 0) is 6.54 Å². The Morgan fingerprint density at radius 3 is 2.29 bits per heavy atom. The summed E-state index contributed by atoms with van der Waals surface area (Å²) in [5.74, 6) is 0.266. The van der Waals surface area contributed by atoms with Gasteiger partial charge in [-0.15, -0.1) is 11.3 Å². The molecule has 0 amide bonds. The van der Waals surface area contributed by atoms with Gasteiger partial charge < -0.3 is 14.9 Å². The molecule has 0 radical (unpaired) electrons. The van der Waals surface area contributed by atoms with Crippen molar-refractivity contribution in [3.05, 3.63) is 58.9 Å². The molecule has 0 saturated heterocycles. The van der Waals surface area contributed by atoms with Crippen LogP contribution < -0.4 is 9.80 Å². The smallest absolute Gasteiger partial charge is 0.125 e. The maximum atomic E-state index is 9.95. The minimum atomic E-state index is 0.266. The van der Waals surface area contributed by atoms with E-state index in [-0.39, 0.29) is 5.75 Å². The number of aromatic hydroxyl groups is 1. The molecule has 2 aromatic carbocycles. The first-order valence-corrected chi connectivity index (χ1v) is 8.64. The van der Waals surface area contributed by atoms with E-state index in [2.05, 4.69) is 46.1 Å². The quantitative estimate of drug-likeness (QED) is 0.755. The van der Waals surface area contributed by atoms with Crippen LogP contribution in [0.15, 0.2) is 53.9 Å². The minimum Gasteiger partial charge on any atom is -0.507 e. The monoisotopic (exact) mass is 339 g/mol. The molecule has 3 aromatic rings. The number of thiazole rings is 1. The van der Waals surface area contributed by atoms with Crippen LogP contribution in [0.4, 0.5) is 11.4 Å². The van der Waals surface area contributed by atoms with E-state index in [1.54, 1.807) is 17.4 Å². The lowest BCUT2D eigenvalue weighted by Gasteiger charge is -2.19. The van der Waals surface area contributed by atoms with Crippen LogP contribution in [0.3, 0.4) is 0 Å². The predicted molar refractivity (Wildman–Crippen MR) is 102 cm³/mol. The van der Waals surface area contributed by atoms with Crippen molar-refractivity contribution in [3.63, 3.8) is 0 Å². The summed E-state index contributed by atoms with van der Waals surface area (Å²) < 4.78 is 0. The van der Waals surface area contributed by atoms with Gasteiger partial charge in [0.2, 0.25) is 0 Å². The van der Waals surface area contributed by atoms with E-state index in [0.717, 1.165) is 28.5 Å². The number of anilines is 2. The summed E-state index contributed by atoms with van der Waals surface area (Å²) in [6.45, 7) is 0.736. The lowest BCUT2D eigenvalue weighted by Crippen LogP contribution is -2.16. The van der Waals surface area contributed by atoms with Crippen molar-refractivity contribution in [1.29, 1.82) is 0 Å². The zero-order chi connectivity index (χ0) is 17.1. The third-order valence-corrected chi connectivity index (χ3v) is 4.74. The molecule has 0 fully saturated rings. The molecule has 1 heterocycles. The van der Waals surface area contributed by atoms with Gasteiger partial charge in [0.05, 0.1) is 12.2 Å². The van der Waals surface area contributed by atoms with Crippen LogP contribution in [0.2, 0.25) is 0 Å². The van der Waals surface area contributed by atoms with E-state index in [9.17, 15) is 5.11 Å². The van der Waals surface area contributed by atoms with E-state index < -0.39 is 0 Å². The highest BCUT2D eigenvalue weighted by atomic mass is 32.1. The Labute approximate surface area is 146 Å². The average molecular weight is 339 g/mol. The van der Waals surface area contributed by atoms with Gasteiger partial charge in [0.1, 0.15) is 10.8 Å². The standard InChI is InChI=1S/C19H21N3OS/c1-21(2)14-8-10-15(11-9-14)22(3)12-19-20-17(13-24-19)16-6-4-5-7-18(16)23/h4-11,13,23H,12H2,1-3H3. The van der Waals surface area contributed by atoms with Gasteiger partial charge in [-0.3, -0.25) is 0 Å². The maximum Gasteiger partial charge on any atom is 0.125 e. The van der Waals surface area contributed by atoms with Crippen molar-refractivity contribution in [2.24, 2.45) is 0 Å². The second-order valence-electron chi connectivity index (χ2n) is 5.91. The first-order chi connectivity index (χ1) is 11.5. The third kappa shape index (κ3) is 3.51. The molecule has 0 aliphatic heterocycles. The summed E-state index contributed by atoms with van der Waals surface area (Å²) in [7, 11) is 6.13. The van der Waals surface area contributed by atoms with Gasteiger partial charge in [0, 0.05) is 43.5 Å². The van der Waals surface area contributed by atoms with Crippen LogP contribution in [0.25, 0.3) is 11.3 Å². The fourth-order valence-electron chi connectivity index (χ4n) is 2.50. The summed E-state index contributed by atoms with van der Waals surface area (Å²) >= 11 is 1.61. The molecular formula is C19H21N3OS. The predicted octanol–water partition coefficient (Wildman–Crippen LogP) is 4.22. The number of phenolic OH excluding ortho intramolecular Hbond substituents is 1. The topological polar surface area (TPSA) is 39.6 Å². The summed E-state index contributed by atoms with van der Waals surface area (Å²) in [5.41, 5.74) is 3.94. The molecule has 4 nitrogen and oxygen atoms in total. The Bertz CT molecular complexity index is 811. The molecular weight excluding hydrogens is 318 g/mol. The second kappa shape index (κ2) is 6.93. The van der Waals surface area contributed by atoms with Crippen molar-refractivity contribution in [1.82, 2.24) is 4.98 Å². The van der Waals surface area contributed by atoms with Crippen LogP contribution in [0.1, 0.15) is 5.01 Å². The van der Waals surface area contributed by atoms with E-state index >= 15 is 0 Å². The molecule has 0 atom stereocenters. The molecule has 0 saturated carbocycles. The molecule has 0 bridgehead atoms. The highest BCUT2D eigenvalue weighted by molar-refractivity contribution is 7.10. The summed E-state index contributed by atoms with van der Waals surface area (Å²) in [6.07, 6.45) is 0. The van der Waals surface area contributed by atoms with Gasteiger partial charge in [-0.05, 0) is 36.4 Å². The molecule has 1 N–H and O–H groups in total. The molecule has 124 valence electrons. The average Bonchev–Trinajstić information content (AvgIpc) is 3.03. The molecule has 0 unspecified atom stereocenters. The molecule has 0 aliphatic rings. The van der Waals surface area contributed by atoms with E-state index in [1.165, 1.54) is 5.69 Å². The summed E-state index contributed by atoms with van der Waals surface area (Å²) in [6, 6.07) is 15.8. The molecule has 5 heteroatoms. The Hall–Kier alpha value is -2.53. The zero-order valence-corrected chi connectivity index (χ0v) is 14.9. The van der Waals surface area contributed by atoms with Crippen molar-refractivity contribution in [2.45, 2.75) is 6.54 Å². The van der Waals surface area contributed by atoms with Gasteiger partial charge in [-0.1, -0.05) is 12.1 Å². The van der Waals surface area contributed by atoms with E-state index in [1.807, 2.05) is 37.7 Å². The number of phenols is 1. The second-order valence-corrected chi connectivity index (χ2v) is 6.85. The third-order valence-electron chi connectivity index (χ3n) is 3.91. The minimum absolute atomic E-state index is 0.266. The van der Waals surface area contributed by atoms with Crippen molar-refractivity contribution in [2.75, 3.05) is 30.9 Å². The first kappa shape index (κ1) is 16.3. The Morgan fingerprint density at radius 2 is 1.62 bits per heavy atom. The fourth-order valence-corrected chi connectivity index (χ4v) is 3.34. The highest BCUT2D eigenvalue weighted by Gasteiger charge is 2.10. The number of nitrogens with zero attached hydrogens (tertiary/aromatic N) is 3. The Morgan fingerprint density at radius 1 is 0.958 bits per heavy atom. The summed E-state index contributed by atoms with van der Waals surface area (Å²) in [4.78, 5) is 8.92. The van der Waals surface area contributed by atoms with E-state index in [4.69, 9.17) is 0 Å². The number of para-hydroxylation sites is 1. The normalized spacial score (nSPS) is 10.6. The number of hydrogen-bond donors (Lipinski definition) is 1. The highest BCUT2D eigenvalue weighted by Crippen LogP contribution is 2.30. The molecule has 3 rings (SSSR count). The molecule has 24 heavy (non-hydrogen) atoms. The number of aromatic nitrogens is 1.